The first-order chi connectivity index (χ1) is 16.6. The summed E-state index contributed by atoms with van der Waals surface area (Å²) in [5, 5.41) is 6.59. The molecular formula is C26H28FN3O4S. The predicted molar refractivity (Wildman–Crippen MR) is 133 cm³/mol. The van der Waals surface area contributed by atoms with Crippen LogP contribution >= 0.6 is 0 Å². The number of hydrogen-bond acceptors (Lipinski definition) is 5. The third-order valence-corrected chi connectivity index (χ3v) is 8.15. The standard InChI is InChI=1S/C26H28FN3O4S/c1-17-6-9-20(10-7-17)11-13-24-25(19(3)29-34-24)35(32,33)30-14-4-5-21(16-30)26(31)28-22-12-8-18(2)23(27)15-22/h6-13,15,21H,4-5,14,16H2,1-3H3,(H,28,31)/b13-11+. The number of nitrogens with zero attached hydrogens (tertiary/aromatic N) is 2. The average Bonchev–Trinajstić information content (AvgIpc) is 3.22. The summed E-state index contributed by atoms with van der Waals surface area (Å²) >= 11 is 0. The number of benzene rings is 2. The smallest absolute Gasteiger partial charge is 0.248 e. The fraction of sp³-hybridized carbons (Fsp3) is 0.308. The van der Waals surface area contributed by atoms with Gasteiger partial charge in [0.25, 0.3) is 0 Å². The Hall–Kier alpha value is -3.30. The fourth-order valence-corrected chi connectivity index (χ4v) is 5.84. The molecule has 1 saturated heterocycles. The van der Waals surface area contributed by atoms with Crippen molar-refractivity contribution in [3.05, 3.63) is 76.4 Å². The Kier molecular flexibility index (Phi) is 7.18. The van der Waals surface area contributed by atoms with Crippen LogP contribution in [0.2, 0.25) is 0 Å². The molecule has 7 nitrogen and oxygen atoms in total. The van der Waals surface area contributed by atoms with Gasteiger partial charge in [0, 0.05) is 18.8 Å². The van der Waals surface area contributed by atoms with Crippen molar-refractivity contribution >= 4 is 33.8 Å². The molecule has 1 fully saturated rings. The SMILES string of the molecule is Cc1ccc(/C=C/c2onc(C)c2S(=O)(=O)N2CCCC(C(=O)Nc3ccc(C)c(F)c3)C2)cc1. The lowest BCUT2D eigenvalue weighted by atomic mass is 9.98. The van der Waals surface area contributed by atoms with Gasteiger partial charge >= 0.3 is 0 Å². The zero-order chi connectivity index (χ0) is 25.2. The summed E-state index contributed by atoms with van der Waals surface area (Å²) in [7, 11) is -3.96. The van der Waals surface area contributed by atoms with Crippen molar-refractivity contribution in [3.8, 4) is 0 Å². The van der Waals surface area contributed by atoms with Gasteiger partial charge in [0.1, 0.15) is 11.5 Å². The lowest BCUT2D eigenvalue weighted by molar-refractivity contribution is -0.120. The average molecular weight is 498 g/mol. The van der Waals surface area contributed by atoms with Crippen LogP contribution in [0.1, 0.15) is 41.0 Å². The van der Waals surface area contributed by atoms with Crippen LogP contribution in [0.3, 0.4) is 0 Å². The fourth-order valence-electron chi connectivity index (χ4n) is 4.07. The molecule has 9 heteroatoms. The minimum absolute atomic E-state index is 0.00234. The molecular weight excluding hydrogens is 469 g/mol. The van der Waals surface area contributed by atoms with Crippen molar-refractivity contribution in [2.75, 3.05) is 18.4 Å². The Bertz CT molecular complexity index is 1360. The minimum atomic E-state index is -3.96. The molecule has 1 atom stereocenters. The Balaban J connectivity index is 1.52. The molecule has 4 rings (SSSR count). The molecule has 0 aliphatic carbocycles. The van der Waals surface area contributed by atoms with Crippen LogP contribution in [-0.4, -0.2) is 36.9 Å². The maximum absolute atomic E-state index is 13.9. The Morgan fingerprint density at radius 2 is 1.89 bits per heavy atom. The van der Waals surface area contributed by atoms with E-state index in [2.05, 4.69) is 10.5 Å². The first-order valence-electron chi connectivity index (χ1n) is 11.4. The molecule has 184 valence electrons. The van der Waals surface area contributed by atoms with Crippen molar-refractivity contribution in [3.63, 3.8) is 0 Å². The Labute approximate surface area is 204 Å². The molecule has 1 unspecified atom stereocenters. The third-order valence-electron chi connectivity index (χ3n) is 6.13. The molecule has 3 aromatic rings. The van der Waals surface area contributed by atoms with Crippen LogP contribution in [0.4, 0.5) is 10.1 Å². The summed E-state index contributed by atoms with van der Waals surface area (Å²) in [4.78, 5) is 12.8. The molecule has 1 amide bonds. The largest absolute Gasteiger partial charge is 0.355 e. The number of anilines is 1. The van der Waals surface area contributed by atoms with Gasteiger partial charge in [0.15, 0.2) is 10.7 Å². The van der Waals surface area contributed by atoms with Gasteiger partial charge in [0.2, 0.25) is 15.9 Å². The maximum Gasteiger partial charge on any atom is 0.248 e. The minimum Gasteiger partial charge on any atom is -0.355 e. The van der Waals surface area contributed by atoms with Crippen LogP contribution in [0.15, 0.2) is 51.9 Å². The van der Waals surface area contributed by atoms with E-state index in [9.17, 15) is 17.6 Å². The number of amides is 1. The summed E-state index contributed by atoms with van der Waals surface area (Å²) < 4.78 is 47.6. The molecule has 35 heavy (non-hydrogen) atoms. The maximum atomic E-state index is 13.9. The van der Waals surface area contributed by atoms with Gasteiger partial charge in [-0.3, -0.25) is 4.79 Å². The molecule has 0 radical (unpaired) electrons. The molecule has 2 aromatic carbocycles. The van der Waals surface area contributed by atoms with Crippen molar-refractivity contribution in [1.29, 1.82) is 0 Å². The van der Waals surface area contributed by atoms with E-state index >= 15 is 0 Å². The lowest BCUT2D eigenvalue weighted by Gasteiger charge is -2.31. The number of halogens is 1. The molecule has 2 heterocycles. The number of nitrogens with one attached hydrogen (secondary N) is 1. The second-order valence-corrected chi connectivity index (χ2v) is 10.7. The first kappa shape index (κ1) is 24.8. The molecule has 1 N–H and O–H groups in total. The lowest BCUT2D eigenvalue weighted by Crippen LogP contribution is -2.43. The van der Waals surface area contributed by atoms with E-state index in [0.717, 1.165) is 11.1 Å². The van der Waals surface area contributed by atoms with Crippen molar-refractivity contribution in [2.45, 2.75) is 38.5 Å². The highest BCUT2D eigenvalue weighted by molar-refractivity contribution is 7.89. The Morgan fingerprint density at radius 1 is 1.14 bits per heavy atom. The summed E-state index contributed by atoms with van der Waals surface area (Å²) in [6.45, 7) is 5.52. The van der Waals surface area contributed by atoms with E-state index in [0.29, 0.717) is 24.1 Å². The molecule has 0 saturated carbocycles. The zero-order valence-electron chi connectivity index (χ0n) is 19.9. The van der Waals surface area contributed by atoms with Crippen molar-refractivity contribution in [1.82, 2.24) is 9.46 Å². The summed E-state index contributed by atoms with van der Waals surface area (Å²) in [5.41, 5.74) is 3.10. The van der Waals surface area contributed by atoms with E-state index in [1.54, 1.807) is 38.1 Å². The zero-order valence-corrected chi connectivity index (χ0v) is 20.7. The summed E-state index contributed by atoms with van der Waals surface area (Å²) in [5.74, 6) is -1.17. The number of sulfonamides is 1. The monoisotopic (exact) mass is 497 g/mol. The van der Waals surface area contributed by atoms with E-state index in [-0.39, 0.29) is 35.3 Å². The van der Waals surface area contributed by atoms with Gasteiger partial charge in [-0.2, -0.15) is 4.31 Å². The first-order valence-corrected chi connectivity index (χ1v) is 12.9. The van der Waals surface area contributed by atoms with Crippen LogP contribution in [-0.2, 0) is 14.8 Å². The third kappa shape index (κ3) is 5.52. The molecule has 1 aromatic heterocycles. The predicted octanol–water partition coefficient (Wildman–Crippen LogP) is 4.95. The summed E-state index contributed by atoms with van der Waals surface area (Å²) in [6.07, 6.45) is 4.43. The highest BCUT2D eigenvalue weighted by Gasteiger charge is 2.37. The highest BCUT2D eigenvalue weighted by atomic mass is 32.2. The summed E-state index contributed by atoms with van der Waals surface area (Å²) in [6, 6.07) is 12.3. The number of carbonyl (C=O) groups excluding carboxylic acids is 1. The van der Waals surface area contributed by atoms with E-state index in [1.807, 2.05) is 31.2 Å². The number of hydrogen-bond donors (Lipinski definition) is 1. The number of piperidine rings is 1. The van der Waals surface area contributed by atoms with E-state index in [4.69, 9.17) is 4.52 Å². The van der Waals surface area contributed by atoms with Crippen molar-refractivity contribution in [2.24, 2.45) is 5.92 Å². The molecule has 0 spiro atoms. The van der Waals surface area contributed by atoms with Crippen LogP contribution in [0, 0.1) is 32.5 Å². The van der Waals surface area contributed by atoms with Crippen LogP contribution < -0.4 is 5.32 Å². The topological polar surface area (TPSA) is 92.5 Å². The van der Waals surface area contributed by atoms with Gasteiger partial charge in [-0.15, -0.1) is 0 Å². The van der Waals surface area contributed by atoms with Gasteiger partial charge in [0.05, 0.1) is 5.92 Å². The number of rotatable bonds is 6. The number of carbonyl (C=O) groups is 1. The quantitative estimate of drug-likeness (QED) is 0.520. The van der Waals surface area contributed by atoms with E-state index in [1.165, 1.54) is 10.4 Å². The van der Waals surface area contributed by atoms with Gasteiger partial charge in [-0.1, -0.05) is 47.1 Å². The van der Waals surface area contributed by atoms with Crippen LogP contribution in [0.5, 0.6) is 0 Å². The number of aromatic nitrogens is 1. The highest BCUT2D eigenvalue weighted by Crippen LogP contribution is 2.30. The van der Waals surface area contributed by atoms with Crippen molar-refractivity contribution < 1.29 is 22.1 Å². The van der Waals surface area contributed by atoms with Crippen LogP contribution in [0.25, 0.3) is 12.2 Å². The van der Waals surface area contributed by atoms with Gasteiger partial charge in [-0.25, -0.2) is 12.8 Å². The normalized spacial score (nSPS) is 17.1. The Morgan fingerprint density at radius 3 is 2.60 bits per heavy atom. The van der Waals surface area contributed by atoms with E-state index < -0.39 is 21.8 Å². The molecule has 1 aliphatic heterocycles. The second kappa shape index (κ2) is 10.1. The second-order valence-electron chi connectivity index (χ2n) is 8.86. The van der Waals surface area contributed by atoms with Gasteiger partial charge < -0.3 is 9.84 Å². The van der Waals surface area contributed by atoms with Gasteiger partial charge in [-0.05, 0) is 62.9 Å². The number of aryl methyl sites for hydroxylation is 3. The molecule has 0 bridgehead atoms. The molecule has 1 aliphatic rings.